The van der Waals surface area contributed by atoms with Crippen molar-refractivity contribution in [1.82, 2.24) is 9.78 Å². The van der Waals surface area contributed by atoms with Gasteiger partial charge in [0.25, 0.3) is 11.1 Å². The maximum absolute atomic E-state index is 12.4. The largest absolute Gasteiger partial charge is 0.324 e. The SMILES string of the molecule is Cc1cc(NC(=O)Cn2[nH]c(=O)c3ccccc3c2=O)ccc1Br. The Morgan fingerprint density at radius 1 is 1.17 bits per heavy atom. The first-order valence-electron chi connectivity index (χ1n) is 7.23. The minimum Gasteiger partial charge on any atom is -0.324 e. The highest BCUT2D eigenvalue weighted by atomic mass is 79.9. The fraction of sp³-hybridized carbons (Fsp3) is 0.118. The summed E-state index contributed by atoms with van der Waals surface area (Å²) in [5.74, 6) is -0.398. The molecule has 0 aliphatic heterocycles. The van der Waals surface area contributed by atoms with E-state index in [1.165, 1.54) is 0 Å². The molecule has 1 amide bonds. The summed E-state index contributed by atoms with van der Waals surface area (Å²) in [6.07, 6.45) is 0. The Balaban J connectivity index is 1.88. The average Bonchev–Trinajstić information content (AvgIpc) is 2.56. The first-order valence-corrected chi connectivity index (χ1v) is 8.03. The van der Waals surface area contributed by atoms with Gasteiger partial charge in [0.2, 0.25) is 5.91 Å². The number of H-pyrrole nitrogens is 1. The van der Waals surface area contributed by atoms with Gasteiger partial charge in [-0.05, 0) is 42.8 Å². The lowest BCUT2D eigenvalue weighted by Crippen LogP contribution is -2.34. The Hall–Kier alpha value is -2.67. The molecule has 0 bridgehead atoms. The van der Waals surface area contributed by atoms with Gasteiger partial charge in [-0.1, -0.05) is 28.1 Å². The van der Waals surface area contributed by atoms with Gasteiger partial charge in [0.05, 0.1) is 10.8 Å². The summed E-state index contributed by atoms with van der Waals surface area (Å²) in [6.45, 7) is 1.64. The number of rotatable bonds is 3. The molecule has 1 aromatic heterocycles. The first kappa shape index (κ1) is 16.2. The van der Waals surface area contributed by atoms with Crippen molar-refractivity contribution in [1.29, 1.82) is 0 Å². The third-order valence-corrected chi connectivity index (χ3v) is 4.52. The maximum atomic E-state index is 12.4. The maximum Gasteiger partial charge on any atom is 0.273 e. The van der Waals surface area contributed by atoms with E-state index in [9.17, 15) is 14.4 Å². The number of benzene rings is 2. The number of nitrogens with one attached hydrogen (secondary N) is 2. The lowest BCUT2D eigenvalue weighted by molar-refractivity contribution is -0.117. The quantitative estimate of drug-likeness (QED) is 0.723. The third-order valence-electron chi connectivity index (χ3n) is 3.63. The smallest absolute Gasteiger partial charge is 0.273 e. The Labute approximate surface area is 145 Å². The van der Waals surface area contributed by atoms with Crippen LogP contribution in [0.3, 0.4) is 0 Å². The Morgan fingerprint density at radius 3 is 2.58 bits per heavy atom. The van der Waals surface area contributed by atoms with Gasteiger partial charge < -0.3 is 5.32 Å². The molecule has 3 aromatic rings. The zero-order chi connectivity index (χ0) is 17.3. The number of fused-ring (bicyclic) bond motifs is 1. The number of aryl methyl sites for hydroxylation is 1. The molecule has 0 atom stereocenters. The van der Waals surface area contributed by atoms with Crippen molar-refractivity contribution in [3.05, 3.63) is 73.2 Å². The lowest BCUT2D eigenvalue weighted by Gasteiger charge is -2.09. The number of carbonyl (C=O) groups excluding carboxylic acids is 1. The predicted molar refractivity (Wildman–Crippen MR) is 96.3 cm³/mol. The molecule has 0 spiro atoms. The van der Waals surface area contributed by atoms with E-state index < -0.39 is 17.0 Å². The number of anilines is 1. The molecule has 0 fully saturated rings. The average molecular weight is 388 g/mol. The first-order chi connectivity index (χ1) is 11.5. The summed E-state index contributed by atoms with van der Waals surface area (Å²) < 4.78 is 1.96. The predicted octanol–water partition coefficient (Wildman–Crippen LogP) is 2.40. The van der Waals surface area contributed by atoms with Crippen LogP contribution in [0.25, 0.3) is 10.8 Å². The molecular formula is C17H14BrN3O3. The van der Waals surface area contributed by atoms with Crippen LogP contribution in [0.2, 0.25) is 0 Å². The fourth-order valence-corrected chi connectivity index (χ4v) is 2.67. The van der Waals surface area contributed by atoms with Crippen molar-refractivity contribution >= 4 is 38.3 Å². The van der Waals surface area contributed by atoms with E-state index in [4.69, 9.17) is 0 Å². The van der Waals surface area contributed by atoms with Crippen molar-refractivity contribution in [3.63, 3.8) is 0 Å². The lowest BCUT2D eigenvalue weighted by atomic mass is 10.2. The van der Waals surface area contributed by atoms with Gasteiger partial charge in [-0.25, -0.2) is 4.68 Å². The Bertz CT molecular complexity index is 1050. The molecule has 3 rings (SSSR count). The van der Waals surface area contributed by atoms with Gasteiger partial charge in [-0.2, -0.15) is 0 Å². The fourth-order valence-electron chi connectivity index (χ4n) is 2.42. The molecule has 0 saturated heterocycles. The van der Waals surface area contributed by atoms with Crippen LogP contribution < -0.4 is 16.4 Å². The van der Waals surface area contributed by atoms with Crippen LogP contribution in [0.15, 0.2) is 56.5 Å². The van der Waals surface area contributed by atoms with Crippen molar-refractivity contribution in [3.8, 4) is 0 Å². The van der Waals surface area contributed by atoms with Crippen molar-refractivity contribution < 1.29 is 4.79 Å². The minimum atomic E-state index is -0.410. The number of amides is 1. The molecule has 1 heterocycles. The zero-order valence-electron chi connectivity index (χ0n) is 12.8. The van der Waals surface area contributed by atoms with E-state index in [0.29, 0.717) is 11.1 Å². The minimum absolute atomic E-state index is 0.270. The number of aromatic nitrogens is 2. The van der Waals surface area contributed by atoms with E-state index in [1.807, 2.05) is 19.1 Å². The molecule has 0 aliphatic rings. The molecule has 2 N–H and O–H groups in total. The summed E-state index contributed by atoms with van der Waals surface area (Å²) in [6, 6.07) is 11.9. The number of hydrogen-bond acceptors (Lipinski definition) is 3. The van der Waals surface area contributed by atoms with Crippen LogP contribution in [-0.4, -0.2) is 15.7 Å². The topological polar surface area (TPSA) is 84.0 Å². The highest BCUT2D eigenvalue weighted by Crippen LogP contribution is 2.19. The molecule has 0 unspecified atom stereocenters. The van der Waals surface area contributed by atoms with E-state index in [2.05, 4.69) is 26.3 Å². The molecule has 7 heteroatoms. The van der Waals surface area contributed by atoms with Crippen LogP contribution in [0.4, 0.5) is 5.69 Å². The standard InChI is InChI=1S/C17H14BrN3O3/c1-10-8-11(6-7-14(10)18)19-15(22)9-21-17(24)13-5-3-2-4-12(13)16(23)20-21/h2-8H,9H2,1H3,(H,19,22)(H,20,23). The van der Waals surface area contributed by atoms with Crippen molar-refractivity contribution in [2.45, 2.75) is 13.5 Å². The number of aromatic amines is 1. The zero-order valence-corrected chi connectivity index (χ0v) is 14.4. The molecule has 122 valence electrons. The Morgan fingerprint density at radius 2 is 1.88 bits per heavy atom. The van der Waals surface area contributed by atoms with Crippen LogP contribution in [-0.2, 0) is 11.3 Å². The van der Waals surface area contributed by atoms with Gasteiger partial charge in [-0.3, -0.25) is 19.5 Å². The van der Waals surface area contributed by atoms with E-state index in [-0.39, 0.29) is 11.9 Å². The van der Waals surface area contributed by atoms with E-state index in [0.717, 1.165) is 14.7 Å². The van der Waals surface area contributed by atoms with Crippen molar-refractivity contribution in [2.24, 2.45) is 0 Å². The van der Waals surface area contributed by atoms with Crippen molar-refractivity contribution in [2.75, 3.05) is 5.32 Å². The van der Waals surface area contributed by atoms with Gasteiger partial charge in [0.1, 0.15) is 6.54 Å². The van der Waals surface area contributed by atoms with Gasteiger partial charge in [0, 0.05) is 10.2 Å². The summed E-state index contributed by atoms with van der Waals surface area (Å²) >= 11 is 3.39. The molecule has 2 aromatic carbocycles. The van der Waals surface area contributed by atoms with E-state index in [1.54, 1.807) is 30.3 Å². The highest BCUT2D eigenvalue weighted by Gasteiger charge is 2.10. The molecule has 24 heavy (non-hydrogen) atoms. The van der Waals surface area contributed by atoms with Crippen LogP contribution in [0, 0.1) is 6.92 Å². The summed E-state index contributed by atoms with van der Waals surface area (Å²) in [4.78, 5) is 36.6. The monoisotopic (exact) mass is 387 g/mol. The number of carbonyl (C=O) groups is 1. The molecular weight excluding hydrogens is 374 g/mol. The molecule has 0 saturated carbocycles. The van der Waals surface area contributed by atoms with Crippen LogP contribution >= 0.6 is 15.9 Å². The van der Waals surface area contributed by atoms with Crippen LogP contribution in [0.1, 0.15) is 5.56 Å². The number of halogens is 1. The molecule has 0 aliphatic carbocycles. The second-order valence-corrected chi connectivity index (χ2v) is 6.24. The third kappa shape index (κ3) is 3.16. The summed E-state index contributed by atoms with van der Waals surface area (Å²) in [7, 11) is 0. The Kier molecular flexibility index (Phi) is 4.35. The number of nitrogens with zero attached hydrogens (tertiary/aromatic N) is 1. The van der Waals surface area contributed by atoms with Gasteiger partial charge in [0.15, 0.2) is 0 Å². The number of hydrogen-bond donors (Lipinski definition) is 2. The molecule has 0 radical (unpaired) electrons. The summed E-state index contributed by atoms with van der Waals surface area (Å²) in [5.41, 5.74) is 0.783. The second kappa shape index (κ2) is 6.45. The molecule has 6 nitrogen and oxygen atoms in total. The second-order valence-electron chi connectivity index (χ2n) is 5.39. The van der Waals surface area contributed by atoms with Gasteiger partial charge >= 0.3 is 0 Å². The van der Waals surface area contributed by atoms with E-state index >= 15 is 0 Å². The highest BCUT2D eigenvalue weighted by molar-refractivity contribution is 9.10. The summed E-state index contributed by atoms with van der Waals surface area (Å²) in [5, 5.41) is 5.74. The van der Waals surface area contributed by atoms with Crippen LogP contribution in [0.5, 0.6) is 0 Å². The van der Waals surface area contributed by atoms with Gasteiger partial charge in [-0.15, -0.1) is 0 Å². The normalized spacial score (nSPS) is 10.8.